The van der Waals surface area contributed by atoms with Gasteiger partial charge >= 0.3 is 5.97 Å². The largest absolute Gasteiger partial charge is 0.497 e. The second kappa shape index (κ2) is 8.66. The van der Waals surface area contributed by atoms with E-state index in [-0.39, 0.29) is 11.8 Å². The Morgan fingerprint density at radius 2 is 1.86 bits per heavy atom. The van der Waals surface area contributed by atoms with Gasteiger partial charge in [-0.2, -0.15) is 0 Å². The van der Waals surface area contributed by atoms with Crippen LogP contribution < -0.4 is 9.47 Å². The van der Waals surface area contributed by atoms with E-state index < -0.39 is 5.97 Å². The summed E-state index contributed by atoms with van der Waals surface area (Å²) >= 11 is 1.45. The molecule has 6 heteroatoms. The van der Waals surface area contributed by atoms with Gasteiger partial charge in [0.2, 0.25) is 0 Å². The van der Waals surface area contributed by atoms with Crippen LogP contribution in [0.4, 0.5) is 0 Å². The summed E-state index contributed by atoms with van der Waals surface area (Å²) in [5.41, 5.74) is 3.63. The van der Waals surface area contributed by atoms with E-state index in [1.807, 2.05) is 42.5 Å². The molecule has 0 amide bonds. The Hall–Kier alpha value is -2.86. The second-order valence-corrected chi connectivity index (χ2v) is 8.67. The van der Waals surface area contributed by atoms with Crippen molar-refractivity contribution in [1.29, 1.82) is 0 Å². The molecule has 1 N–H and O–H groups in total. The molecule has 0 spiro atoms. The SMILES string of the molecule is COc1ccc(OCc2ccc(-c3nc(CC(=O)O)cs3)cc2)c(C(C)(C)C)c1. The number of ether oxygens (including phenoxy) is 2. The first-order valence-electron chi connectivity index (χ1n) is 9.33. The van der Waals surface area contributed by atoms with Crippen LogP contribution in [-0.2, 0) is 23.2 Å². The highest BCUT2D eigenvalue weighted by molar-refractivity contribution is 7.13. The van der Waals surface area contributed by atoms with Crippen molar-refractivity contribution in [3.05, 3.63) is 64.7 Å². The molecular formula is C23H25NO4S. The van der Waals surface area contributed by atoms with Gasteiger partial charge in [-0.1, -0.05) is 45.0 Å². The molecule has 3 aromatic rings. The number of methoxy groups -OCH3 is 1. The molecule has 0 aliphatic rings. The Labute approximate surface area is 175 Å². The van der Waals surface area contributed by atoms with Gasteiger partial charge in [-0.15, -0.1) is 11.3 Å². The molecule has 29 heavy (non-hydrogen) atoms. The Morgan fingerprint density at radius 3 is 2.48 bits per heavy atom. The van der Waals surface area contributed by atoms with Crippen LogP contribution in [0.15, 0.2) is 47.8 Å². The summed E-state index contributed by atoms with van der Waals surface area (Å²) < 4.78 is 11.5. The molecule has 3 rings (SSSR count). The molecule has 0 atom stereocenters. The van der Waals surface area contributed by atoms with Crippen LogP contribution in [0.25, 0.3) is 10.6 Å². The third-order valence-electron chi connectivity index (χ3n) is 4.47. The molecule has 0 saturated heterocycles. The molecule has 152 valence electrons. The predicted octanol–water partition coefficient (Wildman–Crippen LogP) is 5.32. The number of carboxylic acid groups (broad SMARTS) is 1. The number of hydrogen-bond donors (Lipinski definition) is 1. The fourth-order valence-electron chi connectivity index (χ4n) is 2.93. The van der Waals surface area contributed by atoms with Crippen LogP contribution >= 0.6 is 11.3 Å². The highest BCUT2D eigenvalue weighted by Gasteiger charge is 2.20. The van der Waals surface area contributed by atoms with Gasteiger partial charge in [0, 0.05) is 16.5 Å². The topological polar surface area (TPSA) is 68.7 Å². The minimum Gasteiger partial charge on any atom is -0.497 e. The zero-order valence-electron chi connectivity index (χ0n) is 17.1. The van der Waals surface area contributed by atoms with E-state index in [0.717, 1.165) is 33.2 Å². The molecule has 0 radical (unpaired) electrons. The van der Waals surface area contributed by atoms with Crippen molar-refractivity contribution < 1.29 is 19.4 Å². The second-order valence-electron chi connectivity index (χ2n) is 7.81. The zero-order chi connectivity index (χ0) is 21.0. The average Bonchev–Trinajstić information content (AvgIpc) is 3.13. The maximum Gasteiger partial charge on any atom is 0.309 e. The summed E-state index contributed by atoms with van der Waals surface area (Å²) in [6.07, 6.45) is -0.0552. The minimum atomic E-state index is -0.873. The monoisotopic (exact) mass is 411 g/mol. The van der Waals surface area contributed by atoms with Crippen LogP contribution in [0, 0.1) is 0 Å². The molecule has 0 aliphatic carbocycles. The summed E-state index contributed by atoms with van der Waals surface area (Å²) in [5, 5.41) is 11.5. The number of rotatable bonds is 7. The number of carboxylic acids is 1. The molecule has 1 heterocycles. The van der Waals surface area contributed by atoms with E-state index in [9.17, 15) is 4.79 Å². The Bertz CT molecular complexity index is 987. The van der Waals surface area contributed by atoms with E-state index >= 15 is 0 Å². The van der Waals surface area contributed by atoms with Crippen molar-refractivity contribution in [2.75, 3.05) is 7.11 Å². The summed E-state index contributed by atoms with van der Waals surface area (Å²) in [4.78, 5) is 15.2. The van der Waals surface area contributed by atoms with Crippen LogP contribution in [0.2, 0.25) is 0 Å². The molecule has 0 fully saturated rings. The maximum atomic E-state index is 10.8. The van der Waals surface area contributed by atoms with Gasteiger partial charge in [0.25, 0.3) is 0 Å². The standard InChI is InChI=1S/C23H25NO4S/c1-23(2,3)19-12-18(27-4)9-10-20(19)28-13-15-5-7-16(8-6-15)22-24-17(14-29-22)11-21(25)26/h5-10,12,14H,11,13H2,1-4H3,(H,25,26). The molecule has 5 nitrogen and oxygen atoms in total. The van der Waals surface area contributed by atoms with Crippen molar-refractivity contribution in [2.24, 2.45) is 0 Å². The Kier molecular flexibility index (Phi) is 6.23. The van der Waals surface area contributed by atoms with E-state index in [2.05, 4.69) is 25.8 Å². The quantitative estimate of drug-likeness (QED) is 0.570. The highest BCUT2D eigenvalue weighted by Crippen LogP contribution is 2.35. The number of hydrogen-bond acceptors (Lipinski definition) is 5. The number of benzene rings is 2. The third kappa shape index (κ3) is 5.35. The van der Waals surface area contributed by atoms with Gasteiger partial charge in [0.15, 0.2) is 0 Å². The first-order valence-corrected chi connectivity index (χ1v) is 10.2. The van der Waals surface area contributed by atoms with Gasteiger partial charge < -0.3 is 14.6 Å². The first-order chi connectivity index (χ1) is 13.8. The van der Waals surface area contributed by atoms with Gasteiger partial charge in [-0.25, -0.2) is 4.98 Å². The number of aromatic nitrogens is 1. The molecule has 0 saturated carbocycles. The van der Waals surface area contributed by atoms with E-state index in [1.54, 1.807) is 12.5 Å². The summed E-state index contributed by atoms with van der Waals surface area (Å²) in [6.45, 7) is 6.90. The lowest BCUT2D eigenvalue weighted by Crippen LogP contribution is -2.13. The average molecular weight is 412 g/mol. The molecular weight excluding hydrogens is 386 g/mol. The van der Waals surface area contributed by atoms with Crippen LogP contribution in [0.5, 0.6) is 11.5 Å². The summed E-state index contributed by atoms with van der Waals surface area (Å²) in [5.74, 6) is 0.792. The van der Waals surface area contributed by atoms with Crippen molar-refractivity contribution >= 4 is 17.3 Å². The normalized spacial score (nSPS) is 11.3. The molecule has 2 aromatic carbocycles. The Morgan fingerprint density at radius 1 is 1.14 bits per heavy atom. The highest BCUT2D eigenvalue weighted by atomic mass is 32.1. The fourth-order valence-corrected chi connectivity index (χ4v) is 3.75. The van der Waals surface area contributed by atoms with E-state index in [1.165, 1.54) is 11.3 Å². The fraction of sp³-hybridized carbons (Fsp3) is 0.304. The molecule has 0 aliphatic heterocycles. The molecule has 0 bridgehead atoms. The van der Waals surface area contributed by atoms with Gasteiger partial charge in [-0.05, 0) is 29.2 Å². The lowest BCUT2D eigenvalue weighted by atomic mass is 9.86. The van der Waals surface area contributed by atoms with Crippen molar-refractivity contribution in [3.8, 4) is 22.1 Å². The van der Waals surface area contributed by atoms with Gasteiger partial charge in [0.05, 0.1) is 19.2 Å². The van der Waals surface area contributed by atoms with Crippen LogP contribution in [-0.4, -0.2) is 23.2 Å². The first kappa shape index (κ1) is 20.9. The minimum absolute atomic E-state index is 0.0552. The predicted molar refractivity (Wildman–Crippen MR) is 115 cm³/mol. The number of carbonyl (C=O) groups is 1. The van der Waals surface area contributed by atoms with Crippen molar-refractivity contribution in [3.63, 3.8) is 0 Å². The number of nitrogens with zero attached hydrogens (tertiary/aromatic N) is 1. The van der Waals surface area contributed by atoms with Gasteiger partial charge in [-0.3, -0.25) is 4.79 Å². The van der Waals surface area contributed by atoms with E-state index in [0.29, 0.717) is 12.3 Å². The summed E-state index contributed by atoms with van der Waals surface area (Å²) in [6, 6.07) is 13.9. The summed E-state index contributed by atoms with van der Waals surface area (Å²) in [7, 11) is 1.66. The van der Waals surface area contributed by atoms with Crippen molar-refractivity contribution in [2.45, 2.75) is 39.2 Å². The molecule has 0 unspecified atom stereocenters. The zero-order valence-corrected chi connectivity index (χ0v) is 17.9. The van der Waals surface area contributed by atoms with E-state index in [4.69, 9.17) is 14.6 Å². The maximum absolute atomic E-state index is 10.8. The molecule has 1 aromatic heterocycles. The number of aliphatic carboxylic acids is 1. The smallest absolute Gasteiger partial charge is 0.309 e. The van der Waals surface area contributed by atoms with Crippen LogP contribution in [0.3, 0.4) is 0 Å². The lowest BCUT2D eigenvalue weighted by molar-refractivity contribution is -0.136. The van der Waals surface area contributed by atoms with Crippen LogP contribution in [0.1, 0.15) is 37.6 Å². The lowest BCUT2D eigenvalue weighted by Gasteiger charge is -2.23. The van der Waals surface area contributed by atoms with Crippen molar-refractivity contribution in [1.82, 2.24) is 4.98 Å². The van der Waals surface area contributed by atoms with Gasteiger partial charge in [0.1, 0.15) is 23.1 Å². The number of thiazole rings is 1. The Balaban J connectivity index is 1.71. The third-order valence-corrected chi connectivity index (χ3v) is 5.41.